The summed E-state index contributed by atoms with van der Waals surface area (Å²) < 4.78 is 2.05. The van der Waals surface area contributed by atoms with Crippen molar-refractivity contribution in [3.63, 3.8) is 0 Å². The highest BCUT2D eigenvalue weighted by molar-refractivity contribution is 7.99. The van der Waals surface area contributed by atoms with Gasteiger partial charge in [-0.25, -0.2) is 4.98 Å². The van der Waals surface area contributed by atoms with Gasteiger partial charge >= 0.3 is 0 Å². The molecule has 22 heavy (non-hydrogen) atoms. The van der Waals surface area contributed by atoms with Crippen molar-refractivity contribution in [3.8, 4) is 0 Å². The van der Waals surface area contributed by atoms with E-state index >= 15 is 0 Å². The summed E-state index contributed by atoms with van der Waals surface area (Å²) in [7, 11) is 0. The Labute approximate surface area is 135 Å². The minimum atomic E-state index is -0.148. The predicted molar refractivity (Wildman–Crippen MR) is 87.5 cm³/mol. The molecule has 6 nitrogen and oxygen atoms in total. The van der Waals surface area contributed by atoms with Crippen molar-refractivity contribution in [2.24, 2.45) is 0 Å². The number of fused-ring (bicyclic) bond motifs is 1. The van der Waals surface area contributed by atoms with Gasteiger partial charge in [0.25, 0.3) is 5.56 Å². The van der Waals surface area contributed by atoms with Gasteiger partial charge in [0.2, 0.25) is 5.91 Å². The van der Waals surface area contributed by atoms with Gasteiger partial charge in [-0.15, -0.1) is 11.3 Å². The summed E-state index contributed by atoms with van der Waals surface area (Å²) >= 11 is 2.61. The normalized spacial score (nSPS) is 14.9. The Morgan fingerprint density at radius 3 is 2.91 bits per heavy atom. The summed E-state index contributed by atoms with van der Waals surface area (Å²) in [4.78, 5) is 30.9. The Morgan fingerprint density at radius 1 is 1.41 bits per heavy atom. The number of carbonyl (C=O) groups is 1. The van der Waals surface area contributed by atoms with Crippen LogP contribution in [0.15, 0.2) is 21.4 Å². The SMILES string of the molecule is O=C(CSc1nc2ccsc2c(=O)n1CCO)N1CCCC1. The van der Waals surface area contributed by atoms with E-state index in [1.54, 1.807) is 6.07 Å². The second kappa shape index (κ2) is 6.80. The Kier molecular flexibility index (Phi) is 4.80. The zero-order chi connectivity index (χ0) is 15.5. The maximum Gasteiger partial charge on any atom is 0.272 e. The minimum absolute atomic E-state index is 0.0812. The summed E-state index contributed by atoms with van der Waals surface area (Å²) in [5.74, 6) is 0.353. The van der Waals surface area contributed by atoms with Crippen molar-refractivity contribution in [3.05, 3.63) is 21.8 Å². The number of aliphatic hydroxyl groups is 1. The van der Waals surface area contributed by atoms with Gasteiger partial charge < -0.3 is 10.0 Å². The molecule has 118 valence electrons. The standard InChI is InChI=1S/C14H17N3O3S2/c18-7-6-17-13(20)12-10(3-8-21-12)15-14(17)22-9-11(19)16-4-1-2-5-16/h3,8,18H,1-2,4-7,9H2. The van der Waals surface area contributed by atoms with Crippen LogP contribution in [0.2, 0.25) is 0 Å². The Morgan fingerprint density at radius 2 is 2.18 bits per heavy atom. The second-order valence-electron chi connectivity index (χ2n) is 5.09. The Bertz CT molecular complexity index is 734. The van der Waals surface area contributed by atoms with E-state index in [0.717, 1.165) is 25.9 Å². The van der Waals surface area contributed by atoms with Crippen LogP contribution in [0.3, 0.4) is 0 Å². The van der Waals surface area contributed by atoms with Crippen molar-refractivity contribution in [2.45, 2.75) is 24.5 Å². The number of hydrogen-bond acceptors (Lipinski definition) is 6. The lowest BCUT2D eigenvalue weighted by atomic mass is 10.4. The Hall–Kier alpha value is -1.38. The highest BCUT2D eigenvalue weighted by atomic mass is 32.2. The summed E-state index contributed by atoms with van der Waals surface area (Å²) in [5, 5.41) is 11.5. The van der Waals surface area contributed by atoms with Crippen molar-refractivity contribution >= 4 is 39.2 Å². The van der Waals surface area contributed by atoms with Gasteiger partial charge in [0.1, 0.15) is 4.70 Å². The van der Waals surface area contributed by atoms with E-state index in [4.69, 9.17) is 0 Å². The number of thioether (sulfide) groups is 1. The quantitative estimate of drug-likeness (QED) is 0.654. The molecule has 1 fully saturated rings. The lowest BCUT2D eigenvalue weighted by molar-refractivity contribution is -0.127. The number of thiophene rings is 1. The van der Waals surface area contributed by atoms with Gasteiger partial charge in [0.05, 0.1) is 24.4 Å². The van der Waals surface area contributed by atoms with Crippen LogP contribution in [0, 0.1) is 0 Å². The largest absolute Gasteiger partial charge is 0.395 e. The molecule has 2 aromatic rings. The van der Waals surface area contributed by atoms with Gasteiger partial charge in [-0.1, -0.05) is 11.8 Å². The topological polar surface area (TPSA) is 75.4 Å². The molecule has 1 aliphatic rings. The van der Waals surface area contributed by atoms with Crippen LogP contribution in [-0.4, -0.2) is 50.9 Å². The lowest BCUT2D eigenvalue weighted by Gasteiger charge is -2.15. The first-order valence-electron chi connectivity index (χ1n) is 7.20. The molecule has 0 spiro atoms. The molecule has 8 heteroatoms. The molecular weight excluding hydrogens is 322 g/mol. The van der Waals surface area contributed by atoms with E-state index in [1.807, 2.05) is 10.3 Å². The van der Waals surface area contributed by atoms with Crippen LogP contribution >= 0.6 is 23.1 Å². The van der Waals surface area contributed by atoms with Crippen LogP contribution in [0.4, 0.5) is 0 Å². The highest BCUT2D eigenvalue weighted by Crippen LogP contribution is 2.21. The molecule has 1 N–H and O–H groups in total. The van der Waals surface area contributed by atoms with Crippen LogP contribution in [0.5, 0.6) is 0 Å². The second-order valence-corrected chi connectivity index (χ2v) is 6.94. The van der Waals surface area contributed by atoms with Crippen LogP contribution in [0.25, 0.3) is 10.2 Å². The van der Waals surface area contributed by atoms with E-state index < -0.39 is 0 Å². The molecule has 0 unspecified atom stereocenters. The number of likely N-dealkylation sites (tertiary alicyclic amines) is 1. The molecule has 0 atom stereocenters. The lowest BCUT2D eigenvalue weighted by Crippen LogP contribution is -2.30. The smallest absolute Gasteiger partial charge is 0.272 e. The van der Waals surface area contributed by atoms with Crippen LogP contribution < -0.4 is 5.56 Å². The van der Waals surface area contributed by atoms with Crippen molar-refractivity contribution in [2.75, 3.05) is 25.4 Å². The predicted octanol–water partition coefficient (Wildman–Crippen LogP) is 1.16. The van der Waals surface area contributed by atoms with E-state index in [1.165, 1.54) is 27.7 Å². The summed E-state index contributed by atoms with van der Waals surface area (Å²) in [6.45, 7) is 1.70. The fraction of sp³-hybridized carbons (Fsp3) is 0.500. The third-order valence-corrected chi connectivity index (χ3v) is 5.49. The number of rotatable bonds is 5. The van der Waals surface area contributed by atoms with E-state index in [2.05, 4.69) is 4.98 Å². The van der Waals surface area contributed by atoms with Gasteiger partial charge in [-0.2, -0.15) is 0 Å². The molecule has 1 aliphatic heterocycles. The highest BCUT2D eigenvalue weighted by Gasteiger charge is 2.19. The number of nitrogens with zero attached hydrogens (tertiary/aromatic N) is 3. The number of carbonyl (C=O) groups excluding carboxylic acids is 1. The molecule has 2 aromatic heterocycles. The summed E-state index contributed by atoms with van der Waals surface area (Å²) in [6.07, 6.45) is 2.12. The molecule has 1 saturated heterocycles. The third-order valence-electron chi connectivity index (χ3n) is 3.64. The average molecular weight is 339 g/mol. The molecule has 0 saturated carbocycles. The third kappa shape index (κ3) is 3.04. The van der Waals surface area contributed by atoms with E-state index in [9.17, 15) is 14.7 Å². The van der Waals surface area contributed by atoms with Crippen LogP contribution in [-0.2, 0) is 11.3 Å². The summed E-state index contributed by atoms with van der Waals surface area (Å²) in [5.41, 5.74) is 0.505. The molecule has 0 aliphatic carbocycles. The van der Waals surface area contributed by atoms with E-state index in [-0.39, 0.29) is 30.4 Å². The first-order valence-corrected chi connectivity index (χ1v) is 9.06. The zero-order valence-electron chi connectivity index (χ0n) is 12.0. The molecule has 0 bridgehead atoms. The molecule has 3 heterocycles. The van der Waals surface area contributed by atoms with E-state index in [0.29, 0.717) is 15.4 Å². The maximum atomic E-state index is 12.4. The number of aliphatic hydroxyl groups excluding tert-OH is 1. The van der Waals surface area contributed by atoms with Crippen molar-refractivity contribution < 1.29 is 9.90 Å². The number of aromatic nitrogens is 2. The maximum absolute atomic E-state index is 12.4. The van der Waals surface area contributed by atoms with Gasteiger partial charge in [-0.05, 0) is 24.3 Å². The summed E-state index contributed by atoms with van der Waals surface area (Å²) in [6, 6.07) is 1.80. The molecule has 0 radical (unpaired) electrons. The fourth-order valence-electron chi connectivity index (χ4n) is 2.51. The van der Waals surface area contributed by atoms with Gasteiger partial charge in [0, 0.05) is 13.1 Å². The molecular formula is C14H17N3O3S2. The molecule has 3 rings (SSSR count). The molecule has 0 aromatic carbocycles. The number of hydrogen-bond donors (Lipinski definition) is 1. The fourth-order valence-corrected chi connectivity index (χ4v) is 4.22. The van der Waals surface area contributed by atoms with Crippen molar-refractivity contribution in [1.82, 2.24) is 14.5 Å². The first kappa shape index (κ1) is 15.5. The zero-order valence-corrected chi connectivity index (χ0v) is 13.7. The van der Waals surface area contributed by atoms with Crippen molar-refractivity contribution in [1.29, 1.82) is 0 Å². The average Bonchev–Trinajstić information content (AvgIpc) is 3.18. The minimum Gasteiger partial charge on any atom is -0.395 e. The Balaban J connectivity index is 1.83. The molecule has 1 amide bonds. The van der Waals surface area contributed by atoms with Gasteiger partial charge in [-0.3, -0.25) is 14.2 Å². The van der Waals surface area contributed by atoms with Gasteiger partial charge in [0.15, 0.2) is 5.16 Å². The first-order chi connectivity index (χ1) is 10.7. The monoisotopic (exact) mass is 339 g/mol. The number of amides is 1. The van der Waals surface area contributed by atoms with Crippen LogP contribution in [0.1, 0.15) is 12.8 Å².